The van der Waals surface area contributed by atoms with Crippen molar-refractivity contribution in [2.75, 3.05) is 5.32 Å². The fraction of sp³-hybridized carbons (Fsp3) is 0.733. The molecular weight excluding hydrogens is 318 g/mol. The first kappa shape index (κ1) is 15.5. The van der Waals surface area contributed by atoms with Gasteiger partial charge in [-0.2, -0.15) is 5.10 Å². The Balaban J connectivity index is 2.11. The van der Waals surface area contributed by atoms with Crippen molar-refractivity contribution in [1.29, 1.82) is 0 Å². The van der Waals surface area contributed by atoms with Gasteiger partial charge < -0.3 is 5.32 Å². The van der Waals surface area contributed by atoms with Gasteiger partial charge in [-0.05, 0) is 40.6 Å². The SMILES string of the molecule is CCC(CC1CC1)Nc1cnn(CC(C)C)c(=O)c1Br. The molecule has 1 N–H and O–H groups in total. The standard InChI is InChI=1S/C15H24BrN3O/c1-4-12(7-11-5-6-11)18-13-8-17-19(9-10(2)3)15(20)14(13)16/h8,10-12,18H,4-7,9H2,1-3H3. The minimum Gasteiger partial charge on any atom is -0.380 e. The van der Waals surface area contributed by atoms with E-state index in [1.54, 1.807) is 6.20 Å². The number of nitrogens with zero attached hydrogens (tertiary/aromatic N) is 2. The van der Waals surface area contributed by atoms with Crippen molar-refractivity contribution < 1.29 is 0 Å². The van der Waals surface area contributed by atoms with Gasteiger partial charge in [-0.15, -0.1) is 0 Å². The van der Waals surface area contributed by atoms with Crippen LogP contribution in [0.15, 0.2) is 15.5 Å². The van der Waals surface area contributed by atoms with Gasteiger partial charge in [0.1, 0.15) is 4.47 Å². The molecule has 1 aliphatic rings. The number of nitrogens with one attached hydrogen (secondary N) is 1. The molecule has 1 aliphatic carbocycles. The molecule has 1 fully saturated rings. The molecule has 0 amide bonds. The molecule has 0 aliphatic heterocycles. The van der Waals surface area contributed by atoms with Crippen LogP contribution in [-0.4, -0.2) is 15.8 Å². The summed E-state index contributed by atoms with van der Waals surface area (Å²) in [7, 11) is 0. The number of aromatic nitrogens is 2. The van der Waals surface area contributed by atoms with E-state index in [0.29, 0.717) is 23.0 Å². The van der Waals surface area contributed by atoms with Gasteiger partial charge in [0.25, 0.3) is 5.56 Å². The average molecular weight is 342 g/mol. The lowest BCUT2D eigenvalue weighted by Crippen LogP contribution is -2.28. The van der Waals surface area contributed by atoms with E-state index in [1.165, 1.54) is 23.9 Å². The average Bonchev–Trinajstić information content (AvgIpc) is 3.20. The van der Waals surface area contributed by atoms with Crippen molar-refractivity contribution in [2.45, 2.75) is 59.0 Å². The van der Waals surface area contributed by atoms with Gasteiger partial charge in [0.15, 0.2) is 0 Å². The monoisotopic (exact) mass is 341 g/mol. The number of rotatable bonds is 7. The topological polar surface area (TPSA) is 46.9 Å². The van der Waals surface area contributed by atoms with Crippen molar-refractivity contribution in [3.05, 3.63) is 21.0 Å². The van der Waals surface area contributed by atoms with Crippen molar-refractivity contribution in [1.82, 2.24) is 9.78 Å². The summed E-state index contributed by atoms with van der Waals surface area (Å²) in [5.41, 5.74) is 0.771. The molecule has 1 atom stereocenters. The van der Waals surface area contributed by atoms with E-state index >= 15 is 0 Å². The lowest BCUT2D eigenvalue weighted by molar-refractivity contribution is 0.462. The Kier molecular flexibility index (Phi) is 5.24. The number of hydrogen-bond donors (Lipinski definition) is 1. The fourth-order valence-electron chi connectivity index (χ4n) is 2.35. The highest BCUT2D eigenvalue weighted by atomic mass is 79.9. The Morgan fingerprint density at radius 2 is 2.20 bits per heavy atom. The number of halogens is 1. The Morgan fingerprint density at radius 1 is 1.50 bits per heavy atom. The zero-order valence-corrected chi connectivity index (χ0v) is 14.1. The first-order chi connectivity index (χ1) is 9.51. The minimum atomic E-state index is -0.0509. The largest absolute Gasteiger partial charge is 0.380 e. The van der Waals surface area contributed by atoms with Crippen LogP contribution in [-0.2, 0) is 6.54 Å². The number of anilines is 1. The first-order valence-corrected chi connectivity index (χ1v) is 8.32. The predicted octanol–water partition coefficient (Wildman–Crippen LogP) is 3.65. The molecule has 1 saturated carbocycles. The van der Waals surface area contributed by atoms with E-state index in [2.05, 4.69) is 47.1 Å². The first-order valence-electron chi connectivity index (χ1n) is 7.53. The summed E-state index contributed by atoms with van der Waals surface area (Å²) in [5.74, 6) is 1.28. The Bertz CT molecular complexity index is 508. The van der Waals surface area contributed by atoms with Gasteiger partial charge in [-0.3, -0.25) is 4.79 Å². The highest BCUT2D eigenvalue weighted by Crippen LogP contribution is 2.35. The Labute approximate surface area is 129 Å². The van der Waals surface area contributed by atoms with E-state index in [1.807, 2.05) is 0 Å². The van der Waals surface area contributed by atoms with Crippen LogP contribution in [0.1, 0.15) is 46.5 Å². The third kappa shape index (κ3) is 4.08. The van der Waals surface area contributed by atoms with Gasteiger partial charge in [0.2, 0.25) is 0 Å². The summed E-state index contributed by atoms with van der Waals surface area (Å²) in [5, 5.41) is 7.74. The van der Waals surface area contributed by atoms with Crippen LogP contribution in [0.2, 0.25) is 0 Å². The van der Waals surface area contributed by atoms with Gasteiger partial charge >= 0.3 is 0 Å². The van der Waals surface area contributed by atoms with Crippen molar-refractivity contribution in [3.8, 4) is 0 Å². The molecule has 1 aromatic rings. The third-order valence-electron chi connectivity index (χ3n) is 3.69. The normalized spacial score (nSPS) is 16.4. The summed E-state index contributed by atoms with van der Waals surface area (Å²) in [4.78, 5) is 12.2. The molecule has 20 heavy (non-hydrogen) atoms. The van der Waals surface area contributed by atoms with Crippen LogP contribution in [0.3, 0.4) is 0 Å². The Morgan fingerprint density at radius 3 is 2.75 bits per heavy atom. The van der Waals surface area contributed by atoms with E-state index in [9.17, 15) is 4.79 Å². The van der Waals surface area contributed by atoms with E-state index < -0.39 is 0 Å². The third-order valence-corrected chi connectivity index (χ3v) is 4.46. The summed E-state index contributed by atoms with van der Waals surface area (Å²) >= 11 is 3.42. The van der Waals surface area contributed by atoms with Gasteiger partial charge in [-0.1, -0.05) is 33.6 Å². The zero-order valence-electron chi connectivity index (χ0n) is 12.5. The van der Waals surface area contributed by atoms with Crippen LogP contribution >= 0.6 is 15.9 Å². The molecule has 1 unspecified atom stereocenters. The van der Waals surface area contributed by atoms with Crippen molar-refractivity contribution in [2.24, 2.45) is 11.8 Å². The van der Waals surface area contributed by atoms with E-state index in [-0.39, 0.29) is 5.56 Å². The lowest BCUT2D eigenvalue weighted by atomic mass is 10.1. The Hall–Kier alpha value is -0.840. The molecule has 1 aromatic heterocycles. The van der Waals surface area contributed by atoms with Crippen molar-refractivity contribution in [3.63, 3.8) is 0 Å². The van der Waals surface area contributed by atoms with Crippen LogP contribution in [0.4, 0.5) is 5.69 Å². The van der Waals surface area contributed by atoms with Gasteiger partial charge in [0.05, 0.1) is 11.9 Å². The lowest BCUT2D eigenvalue weighted by Gasteiger charge is -2.19. The molecule has 0 saturated heterocycles. The molecule has 0 aromatic carbocycles. The molecule has 2 rings (SSSR count). The minimum absolute atomic E-state index is 0.0509. The number of hydrogen-bond acceptors (Lipinski definition) is 3. The molecule has 0 spiro atoms. The summed E-state index contributed by atoms with van der Waals surface area (Å²) in [6, 6.07) is 0.431. The molecule has 4 nitrogen and oxygen atoms in total. The highest BCUT2D eigenvalue weighted by molar-refractivity contribution is 9.10. The van der Waals surface area contributed by atoms with Crippen LogP contribution in [0.25, 0.3) is 0 Å². The maximum Gasteiger partial charge on any atom is 0.283 e. The second-order valence-electron chi connectivity index (χ2n) is 6.18. The second-order valence-corrected chi connectivity index (χ2v) is 6.97. The smallest absolute Gasteiger partial charge is 0.283 e. The summed E-state index contributed by atoms with van der Waals surface area (Å²) in [6.45, 7) is 6.99. The molecule has 112 valence electrons. The quantitative estimate of drug-likeness (QED) is 0.823. The van der Waals surface area contributed by atoms with Crippen LogP contribution in [0, 0.1) is 11.8 Å². The second kappa shape index (κ2) is 6.74. The molecule has 0 bridgehead atoms. The van der Waals surface area contributed by atoms with Crippen LogP contribution < -0.4 is 10.9 Å². The van der Waals surface area contributed by atoms with E-state index in [4.69, 9.17) is 0 Å². The van der Waals surface area contributed by atoms with Gasteiger partial charge in [-0.25, -0.2) is 4.68 Å². The van der Waals surface area contributed by atoms with Crippen molar-refractivity contribution >= 4 is 21.6 Å². The van der Waals surface area contributed by atoms with Crippen LogP contribution in [0.5, 0.6) is 0 Å². The molecular formula is C15H24BrN3O. The molecule has 0 radical (unpaired) electrons. The maximum atomic E-state index is 12.2. The maximum absolute atomic E-state index is 12.2. The zero-order chi connectivity index (χ0) is 14.7. The molecule has 5 heteroatoms. The molecule has 1 heterocycles. The predicted molar refractivity (Wildman–Crippen MR) is 86.1 cm³/mol. The van der Waals surface area contributed by atoms with Gasteiger partial charge in [0, 0.05) is 12.6 Å². The van der Waals surface area contributed by atoms with E-state index in [0.717, 1.165) is 18.0 Å². The summed E-state index contributed by atoms with van der Waals surface area (Å²) in [6.07, 6.45) is 6.74. The fourth-order valence-corrected chi connectivity index (χ4v) is 2.77. The summed E-state index contributed by atoms with van der Waals surface area (Å²) < 4.78 is 2.13. The highest BCUT2D eigenvalue weighted by Gasteiger charge is 2.25.